The molecule has 0 spiro atoms. The third-order valence-electron chi connectivity index (χ3n) is 7.61. The maximum Gasteiger partial charge on any atom is 0.417 e. The number of hydrogen-bond donors (Lipinski definition) is 2. The number of nitrogen functional groups attached to an aromatic ring is 1. The van der Waals surface area contributed by atoms with Gasteiger partial charge in [-0.05, 0) is 95.6 Å². The summed E-state index contributed by atoms with van der Waals surface area (Å²) in [5.41, 5.74) is 7.04. The topological polar surface area (TPSA) is 96.5 Å². The first kappa shape index (κ1) is 29.5. The van der Waals surface area contributed by atoms with Crippen LogP contribution in [0.2, 0.25) is 0 Å². The average Bonchev–Trinajstić information content (AvgIpc) is 3.39. The number of nitrogens with zero attached hydrogens (tertiary/aromatic N) is 2. The van der Waals surface area contributed by atoms with Gasteiger partial charge < -0.3 is 15.7 Å². The highest BCUT2D eigenvalue weighted by Gasteiger charge is 2.54. The summed E-state index contributed by atoms with van der Waals surface area (Å²) in [7, 11) is 0. The number of fused-ring (bicyclic) bond motifs is 1. The molecule has 6 nitrogen and oxygen atoms in total. The number of thiophene rings is 1. The first-order valence-electron chi connectivity index (χ1n) is 13.6. The second-order valence-electron chi connectivity index (χ2n) is 10.6. The van der Waals surface area contributed by atoms with Crippen molar-refractivity contribution in [2.45, 2.75) is 44.4 Å². The van der Waals surface area contributed by atoms with Crippen LogP contribution in [0.3, 0.4) is 0 Å². The molecule has 1 aliphatic rings. The van der Waals surface area contributed by atoms with E-state index in [0.29, 0.717) is 24.2 Å². The molecule has 1 amide bonds. The number of nitrogens with two attached hydrogens (primary N) is 1. The number of pyridine rings is 1. The molecule has 0 aliphatic carbocycles. The number of amides is 1. The number of aromatic nitrogens is 1. The molecule has 10 heteroatoms. The normalized spacial score (nSPS) is 15.4. The van der Waals surface area contributed by atoms with E-state index in [0.717, 1.165) is 37.2 Å². The SMILES string of the molecule is Cc1cc(-c2ccc(C(=O)N3CCC(O)(C(F)(F)F)CC3)cc2)cc2cc(CCC(=O)/C=C/c3ccc(N)nc3)sc12. The van der Waals surface area contributed by atoms with E-state index in [1.807, 2.05) is 19.1 Å². The van der Waals surface area contributed by atoms with Gasteiger partial charge in [0.1, 0.15) is 5.82 Å². The van der Waals surface area contributed by atoms with Crippen molar-refractivity contribution >= 4 is 45.0 Å². The number of carbonyl (C=O) groups is 2. The zero-order valence-corrected chi connectivity index (χ0v) is 23.8. The predicted molar refractivity (Wildman–Crippen MR) is 159 cm³/mol. The number of alkyl halides is 3. The number of benzene rings is 2. The molecule has 1 saturated heterocycles. The Morgan fingerprint density at radius 3 is 2.43 bits per heavy atom. The van der Waals surface area contributed by atoms with Crippen LogP contribution in [0.1, 0.15) is 45.6 Å². The molecule has 0 radical (unpaired) electrons. The number of rotatable bonds is 7. The van der Waals surface area contributed by atoms with Crippen LogP contribution in [0.5, 0.6) is 0 Å². The molecule has 218 valence electrons. The van der Waals surface area contributed by atoms with E-state index in [-0.39, 0.29) is 24.8 Å². The Bertz CT molecular complexity index is 1640. The molecule has 1 fully saturated rings. The zero-order chi connectivity index (χ0) is 30.1. The Morgan fingerprint density at radius 1 is 1.07 bits per heavy atom. The molecule has 0 atom stereocenters. The lowest BCUT2D eigenvalue weighted by atomic mass is 9.90. The number of hydrogen-bond acceptors (Lipinski definition) is 6. The molecule has 3 heterocycles. The standard InChI is InChI=1S/C32H30F3N3O3S/c1-20-16-24(22-4-6-23(7-5-22)30(40)38-14-12-31(41,13-15-38)32(33,34)35)17-25-18-27(42-29(20)25)10-9-26(39)8-2-21-3-11-28(36)37-19-21/h2-8,11,16-19,41H,9-10,12-15H2,1H3,(H2,36,37)/b8-2+. The first-order valence-corrected chi connectivity index (χ1v) is 14.4. The van der Waals surface area contributed by atoms with Crippen LogP contribution in [0.15, 0.2) is 66.9 Å². The Morgan fingerprint density at radius 2 is 1.79 bits per heavy atom. The van der Waals surface area contributed by atoms with Crippen molar-refractivity contribution in [1.82, 2.24) is 9.88 Å². The molecule has 2 aromatic heterocycles. The molecule has 0 bridgehead atoms. The number of halogens is 3. The summed E-state index contributed by atoms with van der Waals surface area (Å²) in [5.74, 6) is 0.100. The molecule has 42 heavy (non-hydrogen) atoms. The van der Waals surface area contributed by atoms with Crippen molar-refractivity contribution in [3.8, 4) is 11.1 Å². The largest absolute Gasteiger partial charge is 0.417 e. The van der Waals surface area contributed by atoms with Gasteiger partial charge in [-0.2, -0.15) is 13.2 Å². The number of piperidine rings is 1. The third kappa shape index (κ3) is 6.39. The minimum absolute atomic E-state index is 0.0249. The zero-order valence-electron chi connectivity index (χ0n) is 22.9. The maximum absolute atomic E-state index is 13.1. The molecule has 3 N–H and O–H groups in total. The first-order chi connectivity index (χ1) is 19.9. The van der Waals surface area contributed by atoms with E-state index >= 15 is 0 Å². The summed E-state index contributed by atoms with van der Waals surface area (Å²) in [6.07, 6.45) is 0.152. The van der Waals surface area contributed by atoms with E-state index in [1.54, 1.807) is 54.0 Å². The lowest BCUT2D eigenvalue weighted by molar-refractivity contribution is -0.271. The van der Waals surface area contributed by atoms with Gasteiger partial charge in [-0.1, -0.05) is 12.1 Å². The lowest BCUT2D eigenvalue weighted by Crippen LogP contribution is -2.54. The van der Waals surface area contributed by atoms with Crippen molar-refractivity contribution < 1.29 is 27.9 Å². The molecular weight excluding hydrogens is 563 g/mol. The van der Waals surface area contributed by atoms with Crippen LogP contribution in [0.25, 0.3) is 27.3 Å². The Hall–Kier alpha value is -4.02. The highest BCUT2D eigenvalue weighted by Crippen LogP contribution is 2.39. The predicted octanol–water partition coefficient (Wildman–Crippen LogP) is 6.60. The van der Waals surface area contributed by atoms with Crippen molar-refractivity contribution in [2.75, 3.05) is 18.8 Å². The number of aryl methyl sites for hydroxylation is 2. The number of ketones is 1. The van der Waals surface area contributed by atoms with Gasteiger partial charge in [0, 0.05) is 53.7 Å². The molecule has 2 aromatic carbocycles. The monoisotopic (exact) mass is 593 g/mol. The van der Waals surface area contributed by atoms with E-state index in [2.05, 4.69) is 23.2 Å². The molecule has 5 rings (SSSR count). The minimum Gasteiger partial charge on any atom is -0.384 e. The van der Waals surface area contributed by atoms with Gasteiger partial charge >= 0.3 is 6.18 Å². The van der Waals surface area contributed by atoms with E-state index in [4.69, 9.17) is 5.73 Å². The van der Waals surface area contributed by atoms with Crippen molar-refractivity contribution in [3.05, 3.63) is 88.4 Å². The average molecular weight is 594 g/mol. The summed E-state index contributed by atoms with van der Waals surface area (Å²) in [4.78, 5) is 31.8. The van der Waals surface area contributed by atoms with Gasteiger partial charge in [-0.25, -0.2) is 4.98 Å². The summed E-state index contributed by atoms with van der Waals surface area (Å²) in [6, 6.07) is 16.8. The smallest absolute Gasteiger partial charge is 0.384 e. The van der Waals surface area contributed by atoms with Crippen LogP contribution in [0, 0.1) is 6.92 Å². The number of anilines is 1. The molecule has 0 unspecified atom stereocenters. The van der Waals surface area contributed by atoms with Crippen LogP contribution in [-0.2, 0) is 11.2 Å². The summed E-state index contributed by atoms with van der Waals surface area (Å²) in [6.45, 7) is 1.72. The van der Waals surface area contributed by atoms with Crippen molar-refractivity contribution in [2.24, 2.45) is 0 Å². The maximum atomic E-state index is 13.1. The van der Waals surface area contributed by atoms with Crippen LogP contribution in [0.4, 0.5) is 19.0 Å². The fourth-order valence-electron chi connectivity index (χ4n) is 5.06. The summed E-state index contributed by atoms with van der Waals surface area (Å²) < 4.78 is 40.4. The van der Waals surface area contributed by atoms with Gasteiger partial charge in [-0.15, -0.1) is 11.3 Å². The van der Waals surface area contributed by atoms with Gasteiger partial charge in [0.25, 0.3) is 5.91 Å². The van der Waals surface area contributed by atoms with Crippen molar-refractivity contribution in [1.29, 1.82) is 0 Å². The molecule has 1 aliphatic heterocycles. The number of allylic oxidation sites excluding steroid dienone is 1. The second kappa shape index (κ2) is 11.7. The Balaban J connectivity index is 1.23. The quantitative estimate of drug-likeness (QED) is 0.236. The molecular formula is C32H30F3N3O3S. The van der Waals surface area contributed by atoms with E-state index in [9.17, 15) is 27.9 Å². The minimum atomic E-state index is -4.71. The number of likely N-dealkylation sites (tertiary alicyclic amines) is 1. The highest BCUT2D eigenvalue weighted by atomic mass is 32.1. The van der Waals surface area contributed by atoms with Crippen molar-refractivity contribution in [3.63, 3.8) is 0 Å². The Kier molecular flexibility index (Phi) is 8.21. The van der Waals surface area contributed by atoms with Gasteiger partial charge in [0.05, 0.1) is 0 Å². The molecule has 4 aromatic rings. The second-order valence-corrected chi connectivity index (χ2v) is 11.8. The van der Waals surface area contributed by atoms with Crippen LogP contribution < -0.4 is 5.73 Å². The van der Waals surface area contributed by atoms with E-state index < -0.39 is 24.6 Å². The van der Waals surface area contributed by atoms with Gasteiger partial charge in [0.15, 0.2) is 11.4 Å². The van der Waals surface area contributed by atoms with Gasteiger partial charge in [0.2, 0.25) is 0 Å². The third-order valence-corrected chi connectivity index (χ3v) is 8.96. The fourth-order valence-corrected chi connectivity index (χ4v) is 6.16. The fraction of sp³-hybridized carbons (Fsp3) is 0.281. The van der Waals surface area contributed by atoms with Crippen LogP contribution in [-0.4, -0.2) is 51.5 Å². The highest BCUT2D eigenvalue weighted by molar-refractivity contribution is 7.19. The summed E-state index contributed by atoms with van der Waals surface area (Å²) >= 11 is 1.67. The Labute approximate surface area is 245 Å². The number of carbonyl (C=O) groups excluding carboxylic acids is 2. The number of aliphatic hydroxyl groups is 1. The van der Waals surface area contributed by atoms with E-state index in [1.165, 1.54) is 4.90 Å². The van der Waals surface area contributed by atoms with Gasteiger partial charge in [-0.3, -0.25) is 9.59 Å². The summed E-state index contributed by atoms with van der Waals surface area (Å²) in [5, 5.41) is 11.0. The lowest BCUT2D eigenvalue weighted by Gasteiger charge is -2.39. The van der Waals surface area contributed by atoms with Crippen LogP contribution >= 0.6 is 11.3 Å². The molecule has 0 saturated carbocycles.